The molecule has 2 amide bonds. The molecule has 332 valence electrons. The van der Waals surface area contributed by atoms with Crippen LogP contribution >= 0.6 is 11.8 Å². The van der Waals surface area contributed by atoms with E-state index < -0.39 is 54.5 Å². The minimum absolute atomic E-state index is 0.0115. The fourth-order valence-electron chi connectivity index (χ4n) is 8.09. The van der Waals surface area contributed by atoms with Crippen LogP contribution in [0.4, 0.5) is 11.4 Å². The predicted octanol–water partition coefficient (Wildman–Crippen LogP) is 6.46. The number of benzene rings is 2. The number of carbonyl (C=O) groups is 4. The molecule has 0 saturated heterocycles. The second-order valence-corrected chi connectivity index (χ2v) is 19.1. The van der Waals surface area contributed by atoms with E-state index >= 15 is 0 Å². The van der Waals surface area contributed by atoms with Crippen molar-refractivity contribution in [2.45, 2.75) is 115 Å². The number of methoxy groups -OCH3 is 2. The van der Waals surface area contributed by atoms with Crippen molar-refractivity contribution in [1.29, 1.82) is 0 Å². The van der Waals surface area contributed by atoms with Crippen LogP contribution in [0.15, 0.2) is 48.5 Å². The SMILES string of the molecule is COC(=O)[C@H](Cc1ccc([N+](=O)[O-])cc1)NC(=O)C1(CCCCS(C)(=O)=O)CCCC1.COC(=O)[C@H](Cc1ccc([N+](=O)[O-])cc1)NC(=O)C1(CCCCSC)CCCC1. The summed E-state index contributed by atoms with van der Waals surface area (Å²) in [6.07, 6.45) is 15.2. The Kier molecular flexibility index (Phi) is 19.9. The van der Waals surface area contributed by atoms with Gasteiger partial charge in [0.2, 0.25) is 11.8 Å². The van der Waals surface area contributed by atoms with Crippen LogP contribution in [0.1, 0.15) is 101 Å². The average molecular weight is 877 g/mol. The molecular weight excluding hydrogens is 817 g/mol. The highest BCUT2D eigenvalue weighted by atomic mass is 32.2. The first-order valence-electron chi connectivity index (χ1n) is 20.4. The second-order valence-electron chi connectivity index (χ2n) is 15.9. The number of hydrogen-bond acceptors (Lipinski definition) is 13. The Morgan fingerprint density at radius 1 is 0.683 bits per heavy atom. The number of ether oxygens (including phenoxy) is 2. The number of nitrogens with one attached hydrogen (secondary N) is 2. The topological polar surface area (TPSA) is 231 Å². The number of nitro benzene ring substituents is 2. The molecule has 2 saturated carbocycles. The highest BCUT2D eigenvalue weighted by molar-refractivity contribution is 7.98. The molecule has 2 atom stereocenters. The molecule has 60 heavy (non-hydrogen) atoms. The lowest BCUT2D eigenvalue weighted by Crippen LogP contribution is -2.49. The first-order valence-corrected chi connectivity index (χ1v) is 23.8. The monoisotopic (exact) mass is 876 g/mol. The third-order valence-electron chi connectivity index (χ3n) is 11.5. The van der Waals surface area contributed by atoms with Gasteiger partial charge in [0.15, 0.2) is 0 Å². The number of thioether (sulfide) groups is 1. The lowest BCUT2D eigenvalue weighted by atomic mass is 9.80. The van der Waals surface area contributed by atoms with Gasteiger partial charge in [-0.2, -0.15) is 11.8 Å². The van der Waals surface area contributed by atoms with Crippen LogP contribution < -0.4 is 10.6 Å². The van der Waals surface area contributed by atoms with Gasteiger partial charge in [0.25, 0.3) is 11.4 Å². The summed E-state index contributed by atoms with van der Waals surface area (Å²) in [6.45, 7) is 0. The Morgan fingerprint density at radius 3 is 1.37 bits per heavy atom. The summed E-state index contributed by atoms with van der Waals surface area (Å²) in [7, 11) is -0.500. The van der Waals surface area contributed by atoms with E-state index in [0.29, 0.717) is 37.7 Å². The molecule has 0 spiro atoms. The number of rotatable bonds is 22. The van der Waals surface area contributed by atoms with Crippen LogP contribution in [0.3, 0.4) is 0 Å². The van der Waals surface area contributed by atoms with E-state index in [1.807, 2.05) is 11.8 Å². The maximum atomic E-state index is 13.2. The maximum absolute atomic E-state index is 13.2. The first-order chi connectivity index (χ1) is 28.5. The number of carbonyl (C=O) groups excluding carboxylic acids is 4. The molecule has 2 N–H and O–H groups in total. The summed E-state index contributed by atoms with van der Waals surface area (Å²) in [5.41, 5.74) is 0.310. The lowest BCUT2D eigenvalue weighted by molar-refractivity contribution is -0.385. The van der Waals surface area contributed by atoms with Gasteiger partial charge >= 0.3 is 11.9 Å². The Hall–Kier alpha value is -4.58. The number of nitrogens with zero attached hydrogens (tertiary/aromatic N) is 2. The normalized spacial score (nSPS) is 16.3. The number of non-ortho nitro benzene ring substituents is 2. The molecule has 0 aliphatic heterocycles. The van der Waals surface area contributed by atoms with Crippen molar-refractivity contribution >= 4 is 56.7 Å². The standard InChI is InChI=1S/C21H30N2O7S.C21H30N2O5S/c1-30-19(24)18(15-16-7-9-17(10-8-16)23(26)27)22-20(25)21(11-3-4-12-21)13-5-6-14-31(2,28)29;1-28-19(24)18(15-16-7-9-17(10-8-16)23(26)27)22-20(25)21(11-3-4-12-21)13-5-6-14-29-2/h7-10,18H,3-6,11-15H2,1-2H3,(H,22,25);7-10,18H,3-6,11-15H2,1-2H3,(H,22,25)/t2*18-/m00/s1. The molecule has 0 unspecified atom stereocenters. The van der Waals surface area contributed by atoms with Crippen LogP contribution in [0, 0.1) is 31.1 Å². The molecule has 2 aromatic carbocycles. The highest BCUT2D eigenvalue weighted by Crippen LogP contribution is 2.44. The van der Waals surface area contributed by atoms with E-state index in [2.05, 4.69) is 16.9 Å². The molecule has 4 rings (SSSR count). The zero-order chi connectivity index (χ0) is 44.3. The molecule has 2 aliphatic carbocycles. The van der Waals surface area contributed by atoms with Gasteiger partial charge in [-0.3, -0.25) is 29.8 Å². The summed E-state index contributed by atoms with van der Waals surface area (Å²) in [4.78, 5) is 71.6. The van der Waals surface area contributed by atoms with Crippen LogP contribution in [0.2, 0.25) is 0 Å². The van der Waals surface area contributed by atoms with E-state index in [1.165, 1.54) is 44.7 Å². The van der Waals surface area contributed by atoms with Gasteiger partial charge in [0, 0.05) is 59.9 Å². The molecule has 2 aliphatic rings. The van der Waals surface area contributed by atoms with Crippen LogP contribution in [0.25, 0.3) is 0 Å². The van der Waals surface area contributed by atoms with Crippen molar-refractivity contribution in [2.75, 3.05) is 38.2 Å². The quantitative estimate of drug-likeness (QED) is 0.0561. The Bertz CT molecular complexity index is 1860. The number of nitro groups is 2. The molecular formula is C42H60N4O12S2. The molecule has 2 fully saturated rings. The predicted molar refractivity (Wildman–Crippen MR) is 229 cm³/mol. The van der Waals surface area contributed by atoms with Gasteiger partial charge in [-0.05, 0) is 74.5 Å². The van der Waals surface area contributed by atoms with Crippen LogP contribution in [0.5, 0.6) is 0 Å². The number of amides is 2. The summed E-state index contributed by atoms with van der Waals surface area (Å²) >= 11 is 1.81. The summed E-state index contributed by atoms with van der Waals surface area (Å²) in [6, 6.07) is 10.1. The molecule has 2 aromatic rings. The fraction of sp³-hybridized carbons (Fsp3) is 0.619. The third kappa shape index (κ3) is 15.5. The number of unbranched alkanes of at least 4 members (excludes halogenated alkanes) is 2. The zero-order valence-electron chi connectivity index (χ0n) is 35.1. The molecule has 16 nitrogen and oxygen atoms in total. The summed E-state index contributed by atoms with van der Waals surface area (Å²) in [5, 5.41) is 27.4. The fourth-order valence-corrected chi connectivity index (χ4v) is 9.32. The van der Waals surface area contributed by atoms with E-state index in [0.717, 1.165) is 69.1 Å². The Morgan fingerprint density at radius 2 is 1.05 bits per heavy atom. The van der Waals surface area contributed by atoms with E-state index in [4.69, 9.17) is 9.47 Å². The van der Waals surface area contributed by atoms with Crippen molar-refractivity contribution < 1.29 is 46.9 Å². The number of sulfone groups is 1. The zero-order valence-corrected chi connectivity index (χ0v) is 36.7. The average Bonchev–Trinajstić information content (AvgIpc) is 3.92. The highest BCUT2D eigenvalue weighted by Gasteiger charge is 2.43. The van der Waals surface area contributed by atoms with Crippen molar-refractivity contribution in [2.24, 2.45) is 10.8 Å². The number of esters is 2. The molecule has 0 heterocycles. The summed E-state index contributed by atoms with van der Waals surface area (Å²) in [5.74, 6) is -0.208. The third-order valence-corrected chi connectivity index (χ3v) is 13.2. The summed E-state index contributed by atoms with van der Waals surface area (Å²) < 4.78 is 32.5. The van der Waals surface area contributed by atoms with Crippen molar-refractivity contribution in [1.82, 2.24) is 10.6 Å². The van der Waals surface area contributed by atoms with E-state index in [1.54, 1.807) is 24.3 Å². The van der Waals surface area contributed by atoms with E-state index in [9.17, 15) is 47.8 Å². The molecule has 0 aromatic heterocycles. The van der Waals surface area contributed by atoms with Gasteiger partial charge in [-0.1, -0.05) is 62.8 Å². The van der Waals surface area contributed by atoms with Crippen molar-refractivity contribution in [3.8, 4) is 0 Å². The smallest absolute Gasteiger partial charge is 0.328 e. The second kappa shape index (κ2) is 24.0. The van der Waals surface area contributed by atoms with Crippen LogP contribution in [-0.2, 0) is 51.3 Å². The van der Waals surface area contributed by atoms with E-state index in [-0.39, 0.29) is 41.8 Å². The van der Waals surface area contributed by atoms with Gasteiger partial charge in [0.1, 0.15) is 21.9 Å². The molecule has 0 radical (unpaired) electrons. The van der Waals surface area contributed by atoms with Crippen molar-refractivity contribution in [3.63, 3.8) is 0 Å². The van der Waals surface area contributed by atoms with Gasteiger partial charge in [-0.25, -0.2) is 18.0 Å². The van der Waals surface area contributed by atoms with Gasteiger partial charge in [0.05, 0.1) is 24.1 Å². The molecule has 18 heteroatoms. The number of hydrogen-bond donors (Lipinski definition) is 2. The Labute approximate surface area is 356 Å². The minimum Gasteiger partial charge on any atom is -0.467 e. The van der Waals surface area contributed by atoms with Crippen molar-refractivity contribution in [3.05, 3.63) is 79.9 Å². The largest absolute Gasteiger partial charge is 0.467 e. The Balaban J connectivity index is 0.000000321. The van der Waals surface area contributed by atoms with Crippen LogP contribution in [-0.4, -0.2) is 92.3 Å². The lowest BCUT2D eigenvalue weighted by Gasteiger charge is -2.30. The first kappa shape index (κ1) is 49.8. The minimum atomic E-state index is -3.04. The van der Waals surface area contributed by atoms with Gasteiger partial charge in [-0.15, -0.1) is 0 Å². The maximum Gasteiger partial charge on any atom is 0.328 e. The van der Waals surface area contributed by atoms with Gasteiger partial charge < -0.3 is 20.1 Å². The molecule has 0 bridgehead atoms.